The summed E-state index contributed by atoms with van der Waals surface area (Å²) in [5.41, 5.74) is 7.91. The van der Waals surface area contributed by atoms with Gasteiger partial charge in [-0.15, -0.1) is 0 Å². The molecule has 2 aliphatic heterocycles. The quantitative estimate of drug-likeness (QED) is 0.0849. The van der Waals surface area contributed by atoms with Gasteiger partial charge in [0.1, 0.15) is 17.7 Å². The Hall–Kier alpha value is -6.31. The molecular weight excluding hydrogens is 769 g/mol. The maximum absolute atomic E-state index is 14.0. The lowest BCUT2D eigenvalue weighted by Gasteiger charge is -2.30. The second kappa shape index (κ2) is 18.1. The van der Waals surface area contributed by atoms with Gasteiger partial charge in [-0.25, -0.2) is 14.8 Å². The van der Waals surface area contributed by atoms with E-state index in [2.05, 4.69) is 96.0 Å². The van der Waals surface area contributed by atoms with Crippen LogP contribution in [0.25, 0.3) is 44.4 Å². The minimum Gasteiger partial charge on any atom is -0.453 e. The number of imidazole rings is 2. The van der Waals surface area contributed by atoms with Gasteiger partial charge in [0.25, 0.3) is 5.91 Å². The van der Waals surface area contributed by atoms with Crippen LogP contribution in [0.2, 0.25) is 0 Å². The zero-order valence-electron chi connectivity index (χ0n) is 35.4. The Bertz CT molecular complexity index is 2510. The van der Waals surface area contributed by atoms with Crippen LogP contribution in [0.15, 0.2) is 97.3 Å². The number of nitrogens with zero attached hydrogens (tertiary/aromatic N) is 4. The Labute approximate surface area is 356 Å². The summed E-state index contributed by atoms with van der Waals surface area (Å²) in [5, 5.41) is 8.23. The number of alkyl carbamates (subject to hydrolysis) is 1. The molecule has 3 amide bonds. The fraction of sp³-hybridized carbons (Fsp3) is 0.354. The fourth-order valence-electron chi connectivity index (χ4n) is 8.91. The molecule has 0 aliphatic carbocycles. The van der Waals surface area contributed by atoms with Crippen molar-refractivity contribution in [1.29, 1.82) is 0 Å². The minimum atomic E-state index is -0.874. The first-order valence-corrected chi connectivity index (χ1v) is 21.1. The smallest absolute Gasteiger partial charge is 0.407 e. The number of amides is 3. The summed E-state index contributed by atoms with van der Waals surface area (Å²) < 4.78 is 10.1. The zero-order chi connectivity index (χ0) is 42.6. The highest BCUT2D eigenvalue weighted by Crippen LogP contribution is 2.37. The first-order valence-electron chi connectivity index (χ1n) is 21.1. The van der Waals surface area contributed by atoms with Gasteiger partial charge in [0.2, 0.25) is 5.91 Å². The zero-order valence-corrected chi connectivity index (χ0v) is 35.4. The SMILES string of the molecule is COCNC(C(=O)N1CCCC1c1ncc(-c2ccc3cc(-c4ccc(-c5cnc(C6CCCN6C(=O)C(NC(=O)OC)c6ccccc6)[nH]5)cc4C)ccc3c2)[nH]1)C(C)C. The lowest BCUT2D eigenvalue weighted by molar-refractivity contribution is -0.136. The number of nitrogens with one attached hydrogen (secondary N) is 4. The Kier molecular flexibility index (Phi) is 12.3. The number of rotatable bonds is 13. The Morgan fingerprint density at radius 1 is 0.754 bits per heavy atom. The summed E-state index contributed by atoms with van der Waals surface area (Å²) in [4.78, 5) is 60.2. The number of methoxy groups -OCH3 is 2. The molecule has 4 N–H and O–H groups in total. The van der Waals surface area contributed by atoms with E-state index in [9.17, 15) is 14.4 Å². The van der Waals surface area contributed by atoms with Gasteiger partial charge in [-0.05, 0) is 95.3 Å². The van der Waals surface area contributed by atoms with Crippen LogP contribution in [0.4, 0.5) is 4.79 Å². The van der Waals surface area contributed by atoms with E-state index in [1.165, 1.54) is 7.11 Å². The number of hydrogen-bond donors (Lipinski definition) is 4. The number of likely N-dealkylation sites (tertiary alicyclic amines) is 2. The number of carbonyl (C=O) groups is 3. The summed E-state index contributed by atoms with van der Waals surface area (Å²) in [6, 6.07) is 27.1. The second-order valence-corrected chi connectivity index (χ2v) is 16.4. The van der Waals surface area contributed by atoms with Crippen molar-refractivity contribution in [2.45, 2.75) is 70.6 Å². The second-order valence-electron chi connectivity index (χ2n) is 16.4. The number of carbonyl (C=O) groups excluding carboxylic acids is 3. The average molecular weight is 823 g/mol. The van der Waals surface area contributed by atoms with E-state index in [4.69, 9.17) is 19.4 Å². The summed E-state index contributed by atoms with van der Waals surface area (Å²) >= 11 is 0. The van der Waals surface area contributed by atoms with Crippen LogP contribution in [0, 0.1) is 12.8 Å². The maximum Gasteiger partial charge on any atom is 0.407 e. The predicted molar refractivity (Wildman–Crippen MR) is 235 cm³/mol. The predicted octanol–water partition coefficient (Wildman–Crippen LogP) is 8.24. The maximum atomic E-state index is 14.0. The molecule has 2 saturated heterocycles. The van der Waals surface area contributed by atoms with Crippen molar-refractivity contribution in [3.05, 3.63) is 120 Å². The minimum absolute atomic E-state index is 0.0843. The Morgan fingerprint density at radius 3 is 1.92 bits per heavy atom. The molecule has 13 heteroatoms. The molecule has 0 spiro atoms. The van der Waals surface area contributed by atoms with E-state index in [0.717, 1.165) is 87.3 Å². The fourth-order valence-corrected chi connectivity index (χ4v) is 8.91. The topological polar surface area (TPSA) is 158 Å². The van der Waals surface area contributed by atoms with Gasteiger partial charge < -0.3 is 34.6 Å². The Balaban J connectivity index is 0.961. The monoisotopic (exact) mass is 822 g/mol. The molecule has 61 heavy (non-hydrogen) atoms. The first kappa shape index (κ1) is 41.4. The van der Waals surface area contributed by atoms with Crippen LogP contribution < -0.4 is 10.6 Å². The largest absolute Gasteiger partial charge is 0.453 e. The number of H-pyrrole nitrogens is 2. The average Bonchev–Trinajstić information content (AvgIpc) is 4.12. The van der Waals surface area contributed by atoms with E-state index in [-0.39, 0.29) is 35.9 Å². The highest BCUT2D eigenvalue weighted by molar-refractivity contribution is 5.91. The molecule has 316 valence electrons. The summed E-state index contributed by atoms with van der Waals surface area (Å²) in [6.45, 7) is 7.81. The van der Waals surface area contributed by atoms with Crippen molar-refractivity contribution < 1.29 is 23.9 Å². The molecule has 4 unspecified atom stereocenters. The van der Waals surface area contributed by atoms with Crippen LogP contribution in [0.3, 0.4) is 0 Å². The van der Waals surface area contributed by atoms with Crippen LogP contribution in [0.5, 0.6) is 0 Å². The molecule has 0 bridgehead atoms. The molecule has 2 aliphatic rings. The van der Waals surface area contributed by atoms with Crippen LogP contribution in [-0.4, -0.2) is 87.7 Å². The van der Waals surface area contributed by atoms with Gasteiger partial charge in [0.05, 0.1) is 55.7 Å². The molecule has 4 atom stereocenters. The van der Waals surface area contributed by atoms with Crippen molar-refractivity contribution in [2.24, 2.45) is 5.92 Å². The third-order valence-corrected chi connectivity index (χ3v) is 12.1. The first-order chi connectivity index (χ1) is 29.6. The normalized spacial score (nSPS) is 17.5. The molecule has 4 aromatic carbocycles. The number of benzene rings is 4. The standard InChI is InChI=1S/C48H54N8O5/c1-29(2)42(51-28-60-4)46(57)55-21-9-13-40(55)44-50-27-39(53-44)36-18-16-32-24-34(17-15-33(32)25-36)37-20-19-35(23-30(37)3)38-26-49-45(52-38)41-14-10-22-56(41)47(58)43(54-48(59)61-5)31-11-7-6-8-12-31/h6-8,11-12,15-20,23-27,29,40-43,51H,9-10,13-14,21-22,28H2,1-5H3,(H,49,52)(H,50,53)(H,54,59). The van der Waals surface area contributed by atoms with Crippen molar-refractivity contribution in [3.8, 4) is 33.6 Å². The van der Waals surface area contributed by atoms with Crippen LogP contribution in [-0.2, 0) is 19.1 Å². The molecule has 13 nitrogen and oxygen atoms in total. The van der Waals surface area contributed by atoms with E-state index in [1.807, 2.05) is 47.6 Å². The van der Waals surface area contributed by atoms with E-state index in [0.29, 0.717) is 25.4 Å². The van der Waals surface area contributed by atoms with E-state index < -0.39 is 12.1 Å². The van der Waals surface area contributed by atoms with Crippen molar-refractivity contribution in [2.75, 3.05) is 34.0 Å². The van der Waals surface area contributed by atoms with Crippen LogP contribution in [0.1, 0.15) is 80.4 Å². The van der Waals surface area contributed by atoms with E-state index >= 15 is 0 Å². The highest BCUT2D eigenvalue weighted by Gasteiger charge is 2.38. The molecular formula is C48H54N8O5. The molecule has 0 radical (unpaired) electrons. The summed E-state index contributed by atoms with van der Waals surface area (Å²) in [5.74, 6) is 1.54. The molecule has 4 heterocycles. The van der Waals surface area contributed by atoms with Crippen molar-refractivity contribution in [3.63, 3.8) is 0 Å². The number of aryl methyl sites for hydroxylation is 1. The summed E-state index contributed by atoms with van der Waals surface area (Å²) in [7, 11) is 2.91. The number of aromatic nitrogens is 4. The number of hydrogen-bond acceptors (Lipinski definition) is 8. The van der Waals surface area contributed by atoms with E-state index in [1.54, 1.807) is 12.0 Å². The molecule has 6 aromatic rings. The van der Waals surface area contributed by atoms with Gasteiger partial charge in [0, 0.05) is 25.8 Å². The summed E-state index contributed by atoms with van der Waals surface area (Å²) in [6.07, 6.45) is 6.43. The van der Waals surface area contributed by atoms with Crippen molar-refractivity contribution in [1.82, 2.24) is 40.4 Å². The van der Waals surface area contributed by atoms with Crippen LogP contribution >= 0.6 is 0 Å². The van der Waals surface area contributed by atoms with Gasteiger partial charge in [-0.3, -0.25) is 14.9 Å². The molecule has 2 fully saturated rings. The lowest BCUT2D eigenvalue weighted by Crippen LogP contribution is -2.49. The van der Waals surface area contributed by atoms with Gasteiger partial charge in [0.15, 0.2) is 0 Å². The van der Waals surface area contributed by atoms with Gasteiger partial charge >= 0.3 is 6.09 Å². The number of ether oxygens (including phenoxy) is 2. The third kappa shape index (κ3) is 8.66. The highest BCUT2D eigenvalue weighted by atomic mass is 16.5. The van der Waals surface area contributed by atoms with Gasteiger partial charge in [-0.2, -0.15) is 0 Å². The molecule has 0 saturated carbocycles. The third-order valence-electron chi connectivity index (χ3n) is 12.1. The molecule has 8 rings (SSSR count). The Morgan fingerprint density at radius 2 is 1.33 bits per heavy atom. The number of fused-ring (bicyclic) bond motifs is 1. The van der Waals surface area contributed by atoms with Gasteiger partial charge in [-0.1, -0.05) is 80.6 Å². The number of aromatic amines is 2. The molecule has 2 aromatic heterocycles. The van der Waals surface area contributed by atoms with Crippen molar-refractivity contribution >= 4 is 28.7 Å². The lowest BCUT2D eigenvalue weighted by atomic mass is 9.95.